The second-order valence-corrected chi connectivity index (χ2v) is 16.6. The molecule has 6 aromatic carbocycles. The standard InChI is InChI=1S/C49H40N2S2/c1-5-13-34(14-6-1)33-50(37-15-7-2-8-16-37)40-23-27-48-44(31-40)42-29-35(21-25-46(42)52-48)36-22-26-47-43(30-36)45-32-41(24-28-49(45)53-47)51(38-17-9-3-10-18-38)39-19-11-4-12-20-39/h1-3,5-10,13-19,21-32,44,48H,4,11-12,20,33H2. The molecular weight excluding hydrogens is 681 g/mol. The lowest BCUT2D eigenvalue weighted by molar-refractivity contribution is 0.691. The maximum absolute atomic E-state index is 2.51. The summed E-state index contributed by atoms with van der Waals surface area (Å²) in [5.74, 6) is 0.322. The minimum atomic E-state index is 0.322. The Labute approximate surface area is 320 Å². The third-order valence-corrected chi connectivity index (χ3v) is 13.5. The quantitative estimate of drug-likeness (QED) is 0.154. The minimum absolute atomic E-state index is 0.322. The van der Waals surface area contributed by atoms with E-state index in [0.29, 0.717) is 11.2 Å². The molecule has 53 heavy (non-hydrogen) atoms. The molecule has 0 fully saturated rings. The topological polar surface area (TPSA) is 6.48 Å². The maximum atomic E-state index is 2.51. The molecule has 2 heterocycles. The Kier molecular flexibility index (Phi) is 8.51. The van der Waals surface area contributed by atoms with Crippen molar-refractivity contribution in [2.75, 3.05) is 9.80 Å². The number of hydrogen-bond donors (Lipinski definition) is 0. The van der Waals surface area contributed by atoms with E-state index in [2.05, 4.69) is 180 Å². The Morgan fingerprint density at radius 3 is 2.09 bits per heavy atom. The fourth-order valence-electron chi connectivity index (χ4n) is 8.32. The predicted octanol–water partition coefficient (Wildman–Crippen LogP) is 14.0. The Morgan fingerprint density at radius 1 is 0.623 bits per heavy atom. The monoisotopic (exact) mass is 720 g/mol. The molecule has 0 spiro atoms. The third kappa shape index (κ3) is 6.20. The number of allylic oxidation sites excluding steroid dienone is 4. The van der Waals surface area contributed by atoms with Gasteiger partial charge in [0.1, 0.15) is 0 Å². The summed E-state index contributed by atoms with van der Waals surface area (Å²) < 4.78 is 2.68. The molecule has 2 atom stereocenters. The molecule has 0 bridgehead atoms. The van der Waals surface area contributed by atoms with E-state index in [0.717, 1.165) is 19.4 Å². The van der Waals surface area contributed by atoms with E-state index in [-0.39, 0.29) is 0 Å². The molecule has 2 nitrogen and oxygen atoms in total. The number of thiophene rings is 1. The first-order valence-electron chi connectivity index (χ1n) is 18.8. The van der Waals surface area contributed by atoms with Crippen LogP contribution in [0.5, 0.6) is 0 Å². The Balaban J connectivity index is 1.01. The average molecular weight is 721 g/mol. The van der Waals surface area contributed by atoms with Crippen LogP contribution in [0.15, 0.2) is 186 Å². The summed E-state index contributed by atoms with van der Waals surface area (Å²) in [4.78, 5) is 6.34. The van der Waals surface area contributed by atoms with Gasteiger partial charge in [-0.05, 0) is 121 Å². The van der Waals surface area contributed by atoms with Gasteiger partial charge in [-0.1, -0.05) is 97.1 Å². The van der Waals surface area contributed by atoms with Gasteiger partial charge in [-0.25, -0.2) is 0 Å². The van der Waals surface area contributed by atoms with Crippen molar-refractivity contribution >= 4 is 60.3 Å². The van der Waals surface area contributed by atoms with Crippen molar-refractivity contribution in [2.24, 2.45) is 0 Å². The highest BCUT2D eigenvalue weighted by molar-refractivity contribution is 8.00. The molecule has 0 amide bonds. The van der Waals surface area contributed by atoms with Crippen LogP contribution >= 0.6 is 23.1 Å². The van der Waals surface area contributed by atoms with Crippen LogP contribution in [-0.2, 0) is 6.54 Å². The van der Waals surface area contributed by atoms with Crippen LogP contribution < -0.4 is 9.80 Å². The molecule has 2 unspecified atom stereocenters. The molecule has 3 aliphatic rings. The van der Waals surface area contributed by atoms with Crippen molar-refractivity contribution in [1.82, 2.24) is 0 Å². The molecular formula is C49H40N2S2. The second kappa shape index (κ2) is 13.9. The molecule has 0 saturated carbocycles. The summed E-state index contributed by atoms with van der Waals surface area (Å²) >= 11 is 3.90. The van der Waals surface area contributed by atoms with Gasteiger partial charge >= 0.3 is 0 Å². The van der Waals surface area contributed by atoms with E-state index in [1.54, 1.807) is 0 Å². The molecule has 7 aromatic rings. The molecule has 2 aliphatic carbocycles. The smallest absolute Gasteiger partial charge is 0.0481 e. The van der Waals surface area contributed by atoms with Gasteiger partial charge in [-0.3, -0.25) is 0 Å². The van der Waals surface area contributed by atoms with Crippen LogP contribution in [0, 0.1) is 0 Å². The van der Waals surface area contributed by atoms with Gasteiger partial charge in [0, 0.05) is 71.2 Å². The Hall–Kier alpha value is -5.29. The number of fused-ring (bicyclic) bond motifs is 6. The molecule has 0 saturated heterocycles. The van der Waals surface area contributed by atoms with Gasteiger partial charge in [0.15, 0.2) is 0 Å². The van der Waals surface area contributed by atoms with E-state index >= 15 is 0 Å². The van der Waals surface area contributed by atoms with Gasteiger partial charge in [0.05, 0.1) is 0 Å². The largest absolute Gasteiger partial charge is 0.337 e. The lowest BCUT2D eigenvalue weighted by Gasteiger charge is -2.30. The molecule has 4 heteroatoms. The minimum Gasteiger partial charge on any atom is -0.337 e. The third-order valence-electron chi connectivity index (χ3n) is 11.0. The van der Waals surface area contributed by atoms with Crippen molar-refractivity contribution in [1.29, 1.82) is 0 Å². The lowest BCUT2D eigenvalue weighted by Crippen LogP contribution is -2.24. The van der Waals surface area contributed by atoms with Crippen molar-refractivity contribution in [3.05, 3.63) is 192 Å². The molecule has 10 rings (SSSR count). The second-order valence-electron chi connectivity index (χ2n) is 14.3. The molecule has 1 aliphatic heterocycles. The highest BCUT2D eigenvalue weighted by Crippen LogP contribution is 2.51. The van der Waals surface area contributed by atoms with E-state index in [1.807, 2.05) is 23.1 Å². The van der Waals surface area contributed by atoms with Crippen LogP contribution in [0.2, 0.25) is 0 Å². The number of hydrogen-bond acceptors (Lipinski definition) is 4. The Bertz CT molecular complexity index is 2530. The van der Waals surface area contributed by atoms with Gasteiger partial charge in [-0.15, -0.1) is 23.1 Å². The predicted molar refractivity (Wildman–Crippen MR) is 229 cm³/mol. The van der Waals surface area contributed by atoms with E-state index in [9.17, 15) is 0 Å². The number of thioether (sulfide) groups is 1. The van der Waals surface area contributed by atoms with Gasteiger partial charge in [0.25, 0.3) is 0 Å². The average Bonchev–Trinajstić information content (AvgIpc) is 3.78. The number of benzene rings is 6. The fourth-order valence-corrected chi connectivity index (χ4v) is 10.7. The summed E-state index contributed by atoms with van der Waals surface area (Å²) in [6.07, 6.45) is 14.5. The first-order chi connectivity index (χ1) is 26.2. The van der Waals surface area contributed by atoms with E-state index in [1.165, 1.54) is 88.6 Å². The summed E-state index contributed by atoms with van der Waals surface area (Å²) in [5.41, 5.74) is 11.7. The zero-order valence-electron chi connectivity index (χ0n) is 29.6. The number of nitrogens with zero attached hydrogens (tertiary/aromatic N) is 2. The van der Waals surface area contributed by atoms with Crippen molar-refractivity contribution in [3.8, 4) is 11.1 Å². The number of anilines is 3. The highest BCUT2D eigenvalue weighted by atomic mass is 32.2. The van der Waals surface area contributed by atoms with Crippen LogP contribution in [0.4, 0.5) is 17.1 Å². The summed E-state index contributed by atoms with van der Waals surface area (Å²) in [6.45, 7) is 0.829. The van der Waals surface area contributed by atoms with Crippen molar-refractivity contribution in [3.63, 3.8) is 0 Å². The SMILES string of the molecule is C1=CC2Sc3ccc(-c4ccc5sc6ccc(N(C7=CCCCC7)c7ccccc7)cc6c5c4)cc3C2C=C1N(Cc1ccccc1)c1ccccc1. The van der Waals surface area contributed by atoms with E-state index < -0.39 is 0 Å². The van der Waals surface area contributed by atoms with Crippen molar-refractivity contribution < 1.29 is 0 Å². The Morgan fingerprint density at radius 2 is 1.32 bits per heavy atom. The van der Waals surface area contributed by atoms with Gasteiger partial charge in [-0.2, -0.15) is 0 Å². The normalized spacial score (nSPS) is 17.7. The van der Waals surface area contributed by atoms with Gasteiger partial charge in [0.2, 0.25) is 0 Å². The summed E-state index contributed by atoms with van der Waals surface area (Å²) in [6, 6.07) is 53.8. The first kappa shape index (κ1) is 32.4. The van der Waals surface area contributed by atoms with E-state index in [4.69, 9.17) is 0 Å². The molecule has 0 radical (unpaired) electrons. The molecule has 1 aromatic heterocycles. The van der Waals surface area contributed by atoms with Crippen LogP contribution in [0.3, 0.4) is 0 Å². The number of para-hydroxylation sites is 2. The fraction of sp³-hybridized carbons (Fsp3) is 0.143. The van der Waals surface area contributed by atoms with Crippen LogP contribution in [0.25, 0.3) is 31.3 Å². The molecule has 258 valence electrons. The lowest BCUT2D eigenvalue weighted by atomic mass is 9.89. The summed E-state index contributed by atoms with van der Waals surface area (Å²) in [7, 11) is 0. The summed E-state index contributed by atoms with van der Waals surface area (Å²) in [5, 5.41) is 3.08. The highest BCUT2D eigenvalue weighted by Gasteiger charge is 2.33. The van der Waals surface area contributed by atoms with Crippen LogP contribution in [0.1, 0.15) is 42.7 Å². The zero-order valence-corrected chi connectivity index (χ0v) is 31.2. The first-order valence-corrected chi connectivity index (χ1v) is 20.5. The van der Waals surface area contributed by atoms with Crippen molar-refractivity contribution in [2.45, 2.75) is 48.3 Å². The number of rotatable bonds is 8. The maximum Gasteiger partial charge on any atom is 0.0481 e. The zero-order chi connectivity index (χ0) is 35.1. The van der Waals surface area contributed by atoms with Crippen LogP contribution in [-0.4, -0.2) is 5.25 Å². The molecule has 0 N–H and O–H groups in total. The van der Waals surface area contributed by atoms with Gasteiger partial charge < -0.3 is 9.80 Å².